The third-order valence-electron chi connectivity index (χ3n) is 4.76. The van der Waals surface area contributed by atoms with Crippen LogP contribution in [0.25, 0.3) is 0 Å². The number of methoxy groups -OCH3 is 1. The molecule has 2 amide bonds. The summed E-state index contributed by atoms with van der Waals surface area (Å²) >= 11 is 12.2. The third kappa shape index (κ3) is 6.00. The van der Waals surface area contributed by atoms with Gasteiger partial charge in [-0.15, -0.1) is 0 Å². The van der Waals surface area contributed by atoms with Crippen LogP contribution in [-0.4, -0.2) is 30.6 Å². The SMILES string of the molecule is COC(=O)CCN(C(=O)Nc1ccc(Cl)cc1Cl)C(c1ccccc1)c1ccccc1. The van der Waals surface area contributed by atoms with Gasteiger partial charge in [-0.1, -0.05) is 83.9 Å². The predicted octanol–water partition coefficient (Wildman–Crippen LogP) is 6.18. The molecule has 7 heteroatoms. The number of halogens is 2. The number of carbonyl (C=O) groups is 2. The molecule has 0 unspecified atom stereocenters. The lowest BCUT2D eigenvalue weighted by Crippen LogP contribution is -2.40. The quantitative estimate of drug-likeness (QED) is 0.431. The highest BCUT2D eigenvalue weighted by atomic mass is 35.5. The van der Waals surface area contributed by atoms with Crippen molar-refractivity contribution < 1.29 is 14.3 Å². The molecule has 3 aromatic rings. The minimum Gasteiger partial charge on any atom is -0.469 e. The molecule has 0 saturated heterocycles. The Morgan fingerprint density at radius 3 is 2.03 bits per heavy atom. The van der Waals surface area contributed by atoms with Crippen LogP contribution in [-0.2, 0) is 9.53 Å². The average Bonchev–Trinajstić information content (AvgIpc) is 2.79. The first-order valence-corrected chi connectivity index (χ1v) is 10.4. The molecule has 160 valence electrons. The molecule has 3 rings (SSSR count). The fraction of sp³-hybridized carbons (Fsp3) is 0.167. The lowest BCUT2D eigenvalue weighted by atomic mass is 9.97. The van der Waals surface area contributed by atoms with Crippen molar-refractivity contribution in [3.63, 3.8) is 0 Å². The monoisotopic (exact) mass is 456 g/mol. The number of carbonyl (C=O) groups excluding carboxylic acids is 2. The number of benzene rings is 3. The van der Waals surface area contributed by atoms with E-state index in [0.717, 1.165) is 11.1 Å². The number of ether oxygens (including phenoxy) is 1. The third-order valence-corrected chi connectivity index (χ3v) is 5.31. The number of hydrogen-bond donors (Lipinski definition) is 1. The molecule has 0 spiro atoms. The van der Waals surface area contributed by atoms with Crippen molar-refractivity contribution in [1.82, 2.24) is 4.90 Å². The molecule has 0 aliphatic carbocycles. The van der Waals surface area contributed by atoms with Crippen LogP contribution in [0.15, 0.2) is 78.9 Å². The van der Waals surface area contributed by atoms with Crippen molar-refractivity contribution in [3.8, 4) is 0 Å². The molecule has 31 heavy (non-hydrogen) atoms. The Morgan fingerprint density at radius 1 is 0.935 bits per heavy atom. The van der Waals surface area contributed by atoms with Gasteiger partial charge in [0.1, 0.15) is 0 Å². The van der Waals surface area contributed by atoms with Gasteiger partial charge in [-0.25, -0.2) is 4.79 Å². The van der Waals surface area contributed by atoms with Crippen molar-refractivity contribution in [2.45, 2.75) is 12.5 Å². The molecule has 0 saturated carbocycles. The van der Waals surface area contributed by atoms with E-state index in [1.54, 1.807) is 23.1 Å². The van der Waals surface area contributed by atoms with E-state index < -0.39 is 18.0 Å². The van der Waals surface area contributed by atoms with Crippen LogP contribution in [0.1, 0.15) is 23.6 Å². The molecule has 0 fully saturated rings. The van der Waals surface area contributed by atoms with Gasteiger partial charge in [-0.3, -0.25) is 4.79 Å². The molecular formula is C24H22Cl2N2O3. The van der Waals surface area contributed by atoms with E-state index >= 15 is 0 Å². The first kappa shape index (κ1) is 22.7. The molecule has 1 N–H and O–H groups in total. The summed E-state index contributed by atoms with van der Waals surface area (Å²) in [6.07, 6.45) is 0.0500. The second-order valence-electron chi connectivity index (χ2n) is 6.80. The summed E-state index contributed by atoms with van der Waals surface area (Å²) in [4.78, 5) is 26.9. The van der Waals surface area contributed by atoms with Gasteiger partial charge in [0.15, 0.2) is 0 Å². The standard InChI is InChI=1S/C24H22Cl2N2O3/c1-31-22(29)14-15-28(24(30)27-21-13-12-19(25)16-20(21)26)23(17-8-4-2-5-9-17)18-10-6-3-7-11-18/h2-13,16,23H,14-15H2,1H3,(H,27,30). The van der Waals surface area contributed by atoms with Crippen molar-refractivity contribution in [1.29, 1.82) is 0 Å². The fourth-order valence-electron chi connectivity index (χ4n) is 3.26. The maximum absolute atomic E-state index is 13.4. The summed E-state index contributed by atoms with van der Waals surface area (Å²) in [6.45, 7) is 0.151. The number of hydrogen-bond acceptors (Lipinski definition) is 3. The molecule has 0 radical (unpaired) electrons. The van der Waals surface area contributed by atoms with Crippen molar-refractivity contribution in [2.24, 2.45) is 0 Å². The number of nitrogens with one attached hydrogen (secondary N) is 1. The Hall–Kier alpha value is -3.02. The zero-order chi connectivity index (χ0) is 22.2. The molecule has 0 atom stereocenters. The van der Waals surface area contributed by atoms with E-state index in [-0.39, 0.29) is 13.0 Å². The molecular weight excluding hydrogens is 435 g/mol. The van der Waals surface area contributed by atoms with Crippen LogP contribution >= 0.6 is 23.2 Å². The second kappa shape index (κ2) is 10.8. The zero-order valence-corrected chi connectivity index (χ0v) is 18.4. The highest BCUT2D eigenvalue weighted by Crippen LogP contribution is 2.31. The smallest absolute Gasteiger partial charge is 0.322 e. The Labute approximate surface area is 191 Å². The highest BCUT2D eigenvalue weighted by Gasteiger charge is 2.28. The van der Waals surface area contributed by atoms with E-state index in [1.165, 1.54) is 7.11 Å². The average molecular weight is 457 g/mol. The van der Waals surface area contributed by atoms with Gasteiger partial charge in [0.2, 0.25) is 0 Å². The van der Waals surface area contributed by atoms with E-state index in [4.69, 9.17) is 27.9 Å². The summed E-state index contributed by atoms with van der Waals surface area (Å²) in [5.41, 5.74) is 2.26. The Balaban J connectivity index is 1.99. The summed E-state index contributed by atoms with van der Waals surface area (Å²) in [7, 11) is 1.33. The molecule has 0 aliphatic heterocycles. The topological polar surface area (TPSA) is 58.6 Å². The highest BCUT2D eigenvalue weighted by molar-refractivity contribution is 6.36. The van der Waals surface area contributed by atoms with Crippen molar-refractivity contribution in [2.75, 3.05) is 19.0 Å². The predicted molar refractivity (Wildman–Crippen MR) is 124 cm³/mol. The Bertz CT molecular complexity index is 990. The van der Waals surface area contributed by atoms with Crippen LogP contribution in [0, 0.1) is 0 Å². The fourth-order valence-corrected chi connectivity index (χ4v) is 3.72. The van der Waals surface area contributed by atoms with Gasteiger partial charge in [0.25, 0.3) is 0 Å². The van der Waals surface area contributed by atoms with Crippen molar-refractivity contribution >= 4 is 40.9 Å². The first-order chi connectivity index (χ1) is 15.0. The molecule has 5 nitrogen and oxygen atoms in total. The lowest BCUT2D eigenvalue weighted by molar-refractivity contribution is -0.140. The summed E-state index contributed by atoms with van der Waals surface area (Å²) in [5, 5.41) is 3.64. The number of urea groups is 1. The first-order valence-electron chi connectivity index (χ1n) is 9.69. The number of esters is 1. The largest absolute Gasteiger partial charge is 0.469 e. The van der Waals surface area contributed by atoms with Crippen LogP contribution in [0.2, 0.25) is 10.0 Å². The zero-order valence-electron chi connectivity index (χ0n) is 16.9. The molecule has 0 bridgehead atoms. The van der Waals surface area contributed by atoms with Crippen LogP contribution in [0.3, 0.4) is 0 Å². The molecule has 0 heterocycles. The number of nitrogens with zero attached hydrogens (tertiary/aromatic N) is 1. The minimum atomic E-state index is -0.418. The maximum atomic E-state index is 13.4. The Kier molecular flexibility index (Phi) is 7.93. The van der Waals surface area contributed by atoms with Crippen molar-refractivity contribution in [3.05, 3.63) is 100 Å². The van der Waals surface area contributed by atoms with E-state index in [9.17, 15) is 9.59 Å². The van der Waals surface area contributed by atoms with Gasteiger partial charge in [-0.2, -0.15) is 0 Å². The lowest BCUT2D eigenvalue weighted by Gasteiger charge is -2.32. The number of anilines is 1. The van der Waals surface area contributed by atoms with E-state index in [0.29, 0.717) is 15.7 Å². The van der Waals surface area contributed by atoms with Gasteiger partial charge >= 0.3 is 12.0 Å². The summed E-state index contributed by atoms with van der Waals surface area (Å²) in [6, 6.07) is 23.3. The molecule has 0 aromatic heterocycles. The minimum absolute atomic E-state index is 0.0500. The summed E-state index contributed by atoms with van der Waals surface area (Å²) in [5.74, 6) is -0.401. The van der Waals surface area contributed by atoms with Crippen LogP contribution in [0.4, 0.5) is 10.5 Å². The molecule has 3 aromatic carbocycles. The molecule has 0 aliphatic rings. The van der Waals surface area contributed by atoms with Crippen LogP contribution in [0.5, 0.6) is 0 Å². The number of rotatable bonds is 7. The van der Waals surface area contributed by atoms with Gasteiger partial charge < -0.3 is 15.0 Å². The van der Waals surface area contributed by atoms with E-state index in [2.05, 4.69) is 5.32 Å². The van der Waals surface area contributed by atoms with Gasteiger partial charge in [0.05, 0.1) is 30.3 Å². The van der Waals surface area contributed by atoms with Crippen LogP contribution < -0.4 is 5.32 Å². The maximum Gasteiger partial charge on any atom is 0.322 e. The van der Waals surface area contributed by atoms with Gasteiger partial charge in [-0.05, 0) is 29.3 Å². The second-order valence-corrected chi connectivity index (χ2v) is 7.64. The normalized spacial score (nSPS) is 10.6. The number of amides is 2. The Morgan fingerprint density at radius 2 is 1.52 bits per heavy atom. The summed E-state index contributed by atoms with van der Waals surface area (Å²) < 4.78 is 4.79. The van der Waals surface area contributed by atoms with E-state index in [1.807, 2.05) is 60.7 Å². The van der Waals surface area contributed by atoms with Gasteiger partial charge in [0, 0.05) is 11.6 Å².